The third-order valence-corrected chi connectivity index (χ3v) is 6.68. The minimum atomic E-state index is -0.998. The van der Waals surface area contributed by atoms with E-state index in [9.17, 15) is 14.7 Å². The molecule has 1 amide bonds. The number of carboxylic acids is 1. The first-order valence-electron chi connectivity index (χ1n) is 9.78. The maximum Gasteiger partial charge on any atom is 0.334 e. The van der Waals surface area contributed by atoms with Crippen molar-refractivity contribution >= 4 is 11.9 Å². The standard InChI is InChI=1S/C21H27NO5/c1-26-17-4-2-3-14(10-17)11-21(12-15-5-6-16(21)9-15)20(25)22-7-8-27-18(13-22)19(23)24/h2-4,10,15-16,18H,5-9,11-13H2,1H3,(H,23,24). The molecule has 1 heterocycles. The van der Waals surface area contributed by atoms with Crippen LogP contribution in [-0.4, -0.2) is 54.8 Å². The number of carbonyl (C=O) groups is 2. The first kappa shape index (κ1) is 18.3. The average molecular weight is 373 g/mol. The van der Waals surface area contributed by atoms with Gasteiger partial charge in [-0.25, -0.2) is 4.79 Å². The number of amides is 1. The van der Waals surface area contributed by atoms with Crippen LogP contribution in [0.15, 0.2) is 24.3 Å². The van der Waals surface area contributed by atoms with Crippen LogP contribution < -0.4 is 4.74 Å². The summed E-state index contributed by atoms with van der Waals surface area (Å²) in [6.45, 7) is 0.900. The Labute approximate surface area is 159 Å². The molecule has 0 radical (unpaired) electrons. The number of rotatable bonds is 5. The van der Waals surface area contributed by atoms with Crippen molar-refractivity contribution in [3.8, 4) is 5.75 Å². The van der Waals surface area contributed by atoms with Gasteiger partial charge in [0.2, 0.25) is 5.91 Å². The predicted molar refractivity (Wildman–Crippen MR) is 98.5 cm³/mol. The Balaban J connectivity index is 1.61. The van der Waals surface area contributed by atoms with Gasteiger partial charge in [-0.15, -0.1) is 0 Å². The van der Waals surface area contributed by atoms with Crippen LogP contribution in [0.2, 0.25) is 0 Å². The van der Waals surface area contributed by atoms with Gasteiger partial charge >= 0.3 is 5.97 Å². The lowest BCUT2D eigenvalue weighted by molar-refractivity contribution is -0.164. The van der Waals surface area contributed by atoms with Gasteiger partial charge in [-0.3, -0.25) is 4.79 Å². The highest BCUT2D eigenvalue weighted by molar-refractivity contribution is 5.85. The molecule has 1 aromatic rings. The molecule has 4 atom stereocenters. The van der Waals surface area contributed by atoms with E-state index in [1.54, 1.807) is 12.0 Å². The van der Waals surface area contributed by atoms with Gasteiger partial charge in [0.15, 0.2) is 6.10 Å². The van der Waals surface area contributed by atoms with Gasteiger partial charge in [0.05, 0.1) is 25.7 Å². The second-order valence-corrected chi connectivity index (χ2v) is 8.21. The highest BCUT2D eigenvalue weighted by atomic mass is 16.5. The number of hydrogen-bond donors (Lipinski definition) is 1. The maximum absolute atomic E-state index is 13.7. The lowest BCUT2D eigenvalue weighted by atomic mass is 9.68. The third kappa shape index (κ3) is 3.31. The zero-order valence-corrected chi connectivity index (χ0v) is 15.7. The van der Waals surface area contributed by atoms with Crippen LogP contribution in [0.3, 0.4) is 0 Å². The van der Waals surface area contributed by atoms with Gasteiger partial charge in [-0.2, -0.15) is 0 Å². The van der Waals surface area contributed by atoms with Crippen LogP contribution in [-0.2, 0) is 20.7 Å². The van der Waals surface area contributed by atoms with Crippen molar-refractivity contribution in [2.45, 2.75) is 38.2 Å². The highest BCUT2D eigenvalue weighted by Crippen LogP contribution is 2.58. The Kier molecular flexibility index (Phi) is 4.84. The molecule has 0 aromatic heterocycles. The molecule has 6 nitrogen and oxygen atoms in total. The molecule has 27 heavy (non-hydrogen) atoms. The molecule has 4 unspecified atom stereocenters. The van der Waals surface area contributed by atoms with Gasteiger partial charge in [-0.05, 0) is 55.2 Å². The predicted octanol–water partition coefficient (Wildman–Crippen LogP) is 2.36. The summed E-state index contributed by atoms with van der Waals surface area (Å²) in [6.07, 6.45) is 4.09. The lowest BCUT2D eigenvalue weighted by Crippen LogP contribution is -2.55. The molecule has 2 aliphatic carbocycles. The number of nitrogens with zero attached hydrogens (tertiary/aromatic N) is 1. The number of carbonyl (C=O) groups excluding carboxylic acids is 1. The van der Waals surface area contributed by atoms with Gasteiger partial charge in [-0.1, -0.05) is 18.6 Å². The molecular formula is C21H27NO5. The number of morpholine rings is 1. The van der Waals surface area contributed by atoms with Crippen LogP contribution in [0.1, 0.15) is 31.2 Å². The minimum absolute atomic E-state index is 0.118. The van der Waals surface area contributed by atoms with Crippen LogP contribution in [0.5, 0.6) is 5.75 Å². The molecule has 1 saturated heterocycles. The first-order chi connectivity index (χ1) is 13.0. The van der Waals surface area contributed by atoms with Gasteiger partial charge in [0, 0.05) is 6.54 Å². The summed E-state index contributed by atoms with van der Waals surface area (Å²) in [5, 5.41) is 9.29. The molecule has 146 valence electrons. The summed E-state index contributed by atoms with van der Waals surface area (Å²) in [4.78, 5) is 26.8. The maximum atomic E-state index is 13.7. The molecular weight excluding hydrogens is 346 g/mol. The fourth-order valence-electron chi connectivity index (χ4n) is 5.44. The van der Waals surface area contributed by atoms with Crippen LogP contribution in [0, 0.1) is 17.3 Å². The molecule has 1 aromatic carbocycles. The van der Waals surface area contributed by atoms with Crippen molar-refractivity contribution in [3.63, 3.8) is 0 Å². The summed E-state index contributed by atoms with van der Waals surface area (Å²) in [5.74, 6) is 0.915. The fourth-order valence-corrected chi connectivity index (χ4v) is 5.44. The number of hydrogen-bond acceptors (Lipinski definition) is 4. The highest BCUT2D eigenvalue weighted by Gasteiger charge is 2.56. The molecule has 3 fully saturated rings. The molecule has 0 spiro atoms. The van der Waals surface area contributed by atoms with E-state index < -0.39 is 17.5 Å². The smallest absolute Gasteiger partial charge is 0.334 e. The molecule has 3 aliphatic rings. The average Bonchev–Trinajstić information content (AvgIpc) is 3.29. The molecule has 6 heteroatoms. The Hall–Kier alpha value is -2.08. The number of methoxy groups -OCH3 is 1. The van der Waals surface area contributed by atoms with Crippen LogP contribution in [0.4, 0.5) is 0 Å². The van der Waals surface area contributed by atoms with Gasteiger partial charge < -0.3 is 19.5 Å². The Morgan fingerprint density at radius 2 is 2.22 bits per heavy atom. The normalized spacial score (nSPS) is 32.5. The number of carboxylic acid groups (broad SMARTS) is 1. The zero-order chi connectivity index (χ0) is 19.0. The summed E-state index contributed by atoms with van der Waals surface area (Å²) < 4.78 is 10.7. The summed E-state index contributed by atoms with van der Waals surface area (Å²) in [6, 6.07) is 7.95. The largest absolute Gasteiger partial charge is 0.497 e. The SMILES string of the molecule is COc1cccc(CC2(C(=O)N3CCOC(C(=O)O)C3)CC3CCC2C3)c1. The Morgan fingerprint density at radius 1 is 1.37 bits per heavy atom. The van der Waals surface area contributed by atoms with Crippen molar-refractivity contribution in [2.24, 2.45) is 17.3 Å². The van der Waals surface area contributed by atoms with E-state index in [4.69, 9.17) is 9.47 Å². The van der Waals surface area contributed by atoms with E-state index in [2.05, 4.69) is 6.07 Å². The lowest BCUT2D eigenvalue weighted by Gasteiger charge is -2.42. The summed E-state index contributed by atoms with van der Waals surface area (Å²) in [5.41, 5.74) is 0.689. The topological polar surface area (TPSA) is 76.1 Å². The van der Waals surface area contributed by atoms with Crippen molar-refractivity contribution < 1.29 is 24.2 Å². The number of fused-ring (bicyclic) bond motifs is 2. The zero-order valence-electron chi connectivity index (χ0n) is 15.7. The number of ether oxygens (including phenoxy) is 2. The number of benzene rings is 1. The third-order valence-electron chi connectivity index (χ3n) is 6.68. The molecule has 2 bridgehead atoms. The molecule has 1 N–H and O–H groups in total. The molecule has 4 rings (SSSR count). The quantitative estimate of drug-likeness (QED) is 0.857. The van der Waals surface area contributed by atoms with Crippen molar-refractivity contribution in [1.29, 1.82) is 0 Å². The van der Waals surface area contributed by atoms with Crippen LogP contribution in [0.25, 0.3) is 0 Å². The fraction of sp³-hybridized carbons (Fsp3) is 0.619. The molecule has 2 saturated carbocycles. The van der Waals surface area contributed by atoms with Crippen molar-refractivity contribution in [3.05, 3.63) is 29.8 Å². The molecule has 1 aliphatic heterocycles. The second-order valence-electron chi connectivity index (χ2n) is 8.21. The monoisotopic (exact) mass is 373 g/mol. The second kappa shape index (κ2) is 7.15. The van der Waals surface area contributed by atoms with E-state index in [-0.39, 0.29) is 19.1 Å². The summed E-state index contributed by atoms with van der Waals surface area (Å²) in [7, 11) is 1.65. The first-order valence-corrected chi connectivity index (χ1v) is 9.78. The van der Waals surface area contributed by atoms with Gasteiger partial charge in [0.25, 0.3) is 0 Å². The van der Waals surface area contributed by atoms with E-state index >= 15 is 0 Å². The summed E-state index contributed by atoms with van der Waals surface area (Å²) >= 11 is 0. The number of aliphatic carboxylic acids is 1. The van der Waals surface area contributed by atoms with E-state index in [0.29, 0.717) is 24.8 Å². The van der Waals surface area contributed by atoms with Crippen molar-refractivity contribution in [2.75, 3.05) is 26.8 Å². The Morgan fingerprint density at radius 3 is 2.89 bits per heavy atom. The Bertz CT molecular complexity index is 735. The van der Waals surface area contributed by atoms with Crippen LogP contribution >= 0.6 is 0 Å². The van der Waals surface area contributed by atoms with E-state index in [1.165, 1.54) is 6.42 Å². The van der Waals surface area contributed by atoms with Crippen molar-refractivity contribution in [1.82, 2.24) is 4.90 Å². The van der Waals surface area contributed by atoms with Gasteiger partial charge in [0.1, 0.15) is 5.75 Å². The minimum Gasteiger partial charge on any atom is -0.497 e. The van der Waals surface area contributed by atoms with E-state index in [0.717, 1.165) is 30.6 Å². The van der Waals surface area contributed by atoms with E-state index in [1.807, 2.05) is 18.2 Å².